The van der Waals surface area contributed by atoms with E-state index in [4.69, 9.17) is 20.8 Å². The SMILES string of the molecule is Cc1ccc(C2/C(=C(/O)c3ccc(OCc4ccccc4)c(C)c3)C(=O)C(=O)N2c2ccc(C)c(Cl)c2)o1. The highest BCUT2D eigenvalue weighted by molar-refractivity contribution is 6.51. The minimum atomic E-state index is -0.961. The lowest BCUT2D eigenvalue weighted by Gasteiger charge is -2.24. The summed E-state index contributed by atoms with van der Waals surface area (Å²) in [5.41, 5.74) is 3.41. The number of aliphatic hydroxyl groups excluding tert-OH is 1. The molecule has 1 amide bonds. The molecule has 4 aromatic rings. The molecule has 5 rings (SSSR count). The fourth-order valence-corrected chi connectivity index (χ4v) is 4.72. The second-order valence-corrected chi connectivity index (χ2v) is 9.71. The topological polar surface area (TPSA) is 80.0 Å². The second-order valence-electron chi connectivity index (χ2n) is 9.31. The van der Waals surface area contributed by atoms with E-state index < -0.39 is 17.7 Å². The van der Waals surface area contributed by atoms with Crippen LogP contribution in [0.1, 0.15) is 39.8 Å². The van der Waals surface area contributed by atoms with Crippen LogP contribution in [0.5, 0.6) is 5.75 Å². The summed E-state index contributed by atoms with van der Waals surface area (Å²) in [5.74, 6) is -0.243. The molecule has 0 aliphatic carbocycles. The third-order valence-corrected chi connectivity index (χ3v) is 7.00. The molecule has 1 aliphatic rings. The zero-order valence-electron chi connectivity index (χ0n) is 21.2. The van der Waals surface area contributed by atoms with Crippen molar-refractivity contribution in [3.05, 3.63) is 123 Å². The molecule has 0 bridgehead atoms. The van der Waals surface area contributed by atoms with Crippen molar-refractivity contribution in [1.82, 2.24) is 0 Å². The zero-order valence-corrected chi connectivity index (χ0v) is 22.0. The number of furan rings is 1. The summed E-state index contributed by atoms with van der Waals surface area (Å²) in [4.78, 5) is 28.0. The van der Waals surface area contributed by atoms with E-state index in [0.29, 0.717) is 40.2 Å². The average Bonchev–Trinajstić information content (AvgIpc) is 3.45. The van der Waals surface area contributed by atoms with E-state index in [2.05, 4.69) is 0 Å². The van der Waals surface area contributed by atoms with Crippen LogP contribution in [0.15, 0.2) is 88.9 Å². The van der Waals surface area contributed by atoms with Crippen LogP contribution in [0, 0.1) is 20.8 Å². The van der Waals surface area contributed by atoms with E-state index in [1.54, 1.807) is 55.5 Å². The van der Waals surface area contributed by atoms with Crippen LogP contribution < -0.4 is 9.64 Å². The van der Waals surface area contributed by atoms with Gasteiger partial charge in [0.1, 0.15) is 35.7 Å². The smallest absolute Gasteiger partial charge is 0.300 e. The van der Waals surface area contributed by atoms with Crippen molar-refractivity contribution in [3.63, 3.8) is 0 Å². The molecule has 1 unspecified atom stereocenters. The van der Waals surface area contributed by atoms with Gasteiger partial charge in [-0.3, -0.25) is 14.5 Å². The van der Waals surface area contributed by atoms with E-state index in [0.717, 1.165) is 16.7 Å². The van der Waals surface area contributed by atoms with Crippen molar-refractivity contribution < 1.29 is 23.8 Å². The van der Waals surface area contributed by atoms with E-state index >= 15 is 0 Å². The number of carbonyl (C=O) groups excluding carboxylic acids is 2. The van der Waals surface area contributed by atoms with Crippen molar-refractivity contribution in [1.29, 1.82) is 0 Å². The summed E-state index contributed by atoms with van der Waals surface area (Å²) in [6, 6.07) is 22.6. The number of carbonyl (C=O) groups is 2. The Morgan fingerprint density at radius 3 is 2.37 bits per heavy atom. The number of Topliss-reactive ketones (excluding diaryl/α,β-unsaturated/α-hetero) is 1. The van der Waals surface area contributed by atoms with Crippen LogP contribution in [0.2, 0.25) is 5.02 Å². The molecule has 1 fully saturated rings. The van der Waals surface area contributed by atoms with Crippen LogP contribution in [-0.4, -0.2) is 16.8 Å². The Bertz CT molecular complexity index is 1570. The minimum absolute atomic E-state index is 0.0570. The number of rotatable bonds is 6. The molecule has 0 saturated carbocycles. The molecule has 1 N–H and O–H groups in total. The Kier molecular flexibility index (Phi) is 6.83. The number of nitrogens with zero attached hydrogens (tertiary/aromatic N) is 1. The molecule has 192 valence electrons. The van der Waals surface area contributed by atoms with Gasteiger partial charge in [-0.25, -0.2) is 0 Å². The number of ether oxygens (including phenoxy) is 1. The number of hydrogen-bond acceptors (Lipinski definition) is 5. The molecule has 1 aromatic heterocycles. The maximum absolute atomic E-state index is 13.3. The maximum atomic E-state index is 13.3. The molecular formula is C31H26ClNO5. The van der Waals surface area contributed by atoms with E-state index in [1.165, 1.54) is 4.90 Å². The maximum Gasteiger partial charge on any atom is 0.300 e. The summed E-state index contributed by atoms with van der Waals surface area (Å²) >= 11 is 6.35. The molecule has 1 aliphatic heterocycles. The molecule has 1 saturated heterocycles. The molecular weight excluding hydrogens is 502 g/mol. The molecule has 3 aromatic carbocycles. The van der Waals surface area contributed by atoms with E-state index in [1.807, 2.05) is 44.2 Å². The molecule has 7 heteroatoms. The lowest BCUT2D eigenvalue weighted by atomic mass is 9.98. The van der Waals surface area contributed by atoms with Crippen LogP contribution in [0.25, 0.3) is 5.76 Å². The van der Waals surface area contributed by atoms with Crippen molar-refractivity contribution in [2.24, 2.45) is 0 Å². The van der Waals surface area contributed by atoms with Crippen molar-refractivity contribution in [2.75, 3.05) is 4.90 Å². The zero-order chi connectivity index (χ0) is 27.0. The minimum Gasteiger partial charge on any atom is -0.507 e. The molecule has 2 heterocycles. The van der Waals surface area contributed by atoms with Gasteiger partial charge in [-0.1, -0.05) is 48.0 Å². The van der Waals surface area contributed by atoms with Crippen LogP contribution in [0.4, 0.5) is 5.69 Å². The number of anilines is 1. The van der Waals surface area contributed by atoms with Gasteiger partial charge >= 0.3 is 0 Å². The van der Waals surface area contributed by atoms with Crippen molar-refractivity contribution >= 4 is 34.7 Å². The van der Waals surface area contributed by atoms with Gasteiger partial charge in [0.2, 0.25) is 0 Å². The first-order valence-corrected chi connectivity index (χ1v) is 12.5. The second kappa shape index (κ2) is 10.2. The summed E-state index contributed by atoms with van der Waals surface area (Å²) in [6.07, 6.45) is 0. The van der Waals surface area contributed by atoms with Gasteiger partial charge in [0.25, 0.3) is 11.7 Å². The van der Waals surface area contributed by atoms with Gasteiger partial charge in [-0.15, -0.1) is 0 Å². The third-order valence-electron chi connectivity index (χ3n) is 6.59. The van der Waals surface area contributed by atoms with E-state index in [9.17, 15) is 14.7 Å². The van der Waals surface area contributed by atoms with Gasteiger partial charge in [-0.2, -0.15) is 0 Å². The quantitative estimate of drug-likeness (QED) is 0.165. The number of halogens is 1. The Morgan fingerprint density at radius 1 is 0.947 bits per heavy atom. The predicted molar refractivity (Wildman–Crippen MR) is 146 cm³/mol. The number of aliphatic hydroxyl groups is 1. The third kappa shape index (κ3) is 4.71. The van der Waals surface area contributed by atoms with Crippen molar-refractivity contribution in [3.8, 4) is 5.75 Å². The molecule has 0 spiro atoms. The summed E-state index contributed by atoms with van der Waals surface area (Å²) < 4.78 is 11.8. The standard InChI is InChI=1S/C31H26ClNO5/c1-18-9-12-23(16-24(18)32)33-28(26-13-10-20(3)38-26)27(30(35)31(33)36)29(34)22-11-14-25(19(2)15-22)37-17-21-7-5-4-6-8-21/h4-16,28,34H,17H2,1-3H3/b29-27-. The van der Waals surface area contributed by atoms with Gasteiger partial charge in [0.05, 0.1) is 5.57 Å². The average molecular weight is 528 g/mol. The molecule has 38 heavy (non-hydrogen) atoms. The first kappa shape index (κ1) is 25.4. The molecule has 6 nitrogen and oxygen atoms in total. The number of benzene rings is 3. The Hall–Kier alpha value is -4.29. The van der Waals surface area contributed by atoms with E-state index in [-0.39, 0.29) is 11.3 Å². The largest absolute Gasteiger partial charge is 0.507 e. The van der Waals surface area contributed by atoms with Gasteiger partial charge in [0, 0.05) is 16.3 Å². The van der Waals surface area contributed by atoms with Gasteiger partial charge < -0.3 is 14.3 Å². The normalized spacial score (nSPS) is 16.7. The Labute approximate surface area is 225 Å². The van der Waals surface area contributed by atoms with Crippen LogP contribution in [-0.2, 0) is 16.2 Å². The first-order chi connectivity index (χ1) is 18.2. The summed E-state index contributed by atoms with van der Waals surface area (Å²) in [6.45, 7) is 5.88. The number of ketones is 1. The van der Waals surface area contributed by atoms with Crippen LogP contribution >= 0.6 is 11.6 Å². The lowest BCUT2D eigenvalue weighted by molar-refractivity contribution is -0.132. The highest BCUT2D eigenvalue weighted by Crippen LogP contribution is 2.43. The summed E-state index contributed by atoms with van der Waals surface area (Å²) in [5, 5.41) is 11.9. The first-order valence-electron chi connectivity index (χ1n) is 12.2. The summed E-state index contributed by atoms with van der Waals surface area (Å²) in [7, 11) is 0. The lowest BCUT2D eigenvalue weighted by Crippen LogP contribution is -2.29. The number of amides is 1. The monoisotopic (exact) mass is 527 g/mol. The molecule has 1 atom stereocenters. The van der Waals surface area contributed by atoms with Crippen molar-refractivity contribution in [2.45, 2.75) is 33.4 Å². The van der Waals surface area contributed by atoms with Gasteiger partial charge in [0.15, 0.2) is 0 Å². The molecule has 0 radical (unpaired) electrons. The highest BCUT2D eigenvalue weighted by atomic mass is 35.5. The van der Waals surface area contributed by atoms with Crippen LogP contribution in [0.3, 0.4) is 0 Å². The number of hydrogen-bond donors (Lipinski definition) is 1. The highest BCUT2D eigenvalue weighted by Gasteiger charge is 2.48. The fourth-order valence-electron chi connectivity index (χ4n) is 4.55. The van der Waals surface area contributed by atoms with Gasteiger partial charge in [-0.05, 0) is 79.9 Å². The Balaban J connectivity index is 1.55. The Morgan fingerprint density at radius 2 is 1.71 bits per heavy atom. The fraction of sp³-hybridized carbons (Fsp3) is 0.161. The predicted octanol–water partition coefficient (Wildman–Crippen LogP) is 7.06. The number of aryl methyl sites for hydroxylation is 3.